The molecule has 2 amide bonds. The van der Waals surface area contributed by atoms with Gasteiger partial charge in [0.25, 0.3) is 5.91 Å². The Hall–Kier alpha value is -3.49. The number of hydrogen-bond donors (Lipinski definition) is 1. The quantitative estimate of drug-likeness (QED) is 0.660. The summed E-state index contributed by atoms with van der Waals surface area (Å²) in [5.74, 6) is 1.64. The molecular formula is C23H25N7O2. The van der Waals surface area contributed by atoms with E-state index in [0.717, 1.165) is 24.2 Å². The number of carbonyl (C=O) groups excluding carboxylic acids is 2. The van der Waals surface area contributed by atoms with Crippen LogP contribution in [0.15, 0.2) is 30.6 Å². The molecule has 2 aromatic heterocycles. The van der Waals surface area contributed by atoms with Crippen molar-refractivity contribution in [2.75, 3.05) is 29.4 Å². The van der Waals surface area contributed by atoms with E-state index in [9.17, 15) is 9.59 Å². The van der Waals surface area contributed by atoms with Crippen molar-refractivity contribution < 1.29 is 9.59 Å². The van der Waals surface area contributed by atoms with E-state index in [1.54, 1.807) is 4.57 Å². The number of aromatic nitrogens is 4. The topological polar surface area (TPSA) is 96.2 Å². The lowest BCUT2D eigenvalue weighted by molar-refractivity contribution is -0.117. The minimum atomic E-state index is -0.179. The molecule has 9 heteroatoms. The second-order valence-corrected chi connectivity index (χ2v) is 8.98. The van der Waals surface area contributed by atoms with Gasteiger partial charge in [-0.15, -0.1) is 0 Å². The summed E-state index contributed by atoms with van der Waals surface area (Å²) in [6, 6.07) is 8.10. The van der Waals surface area contributed by atoms with Gasteiger partial charge in [-0.25, -0.2) is 15.0 Å². The number of hydrogen-bond acceptors (Lipinski definition) is 6. The summed E-state index contributed by atoms with van der Waals surface area (Å²) >= 11 is 0. The number of carbonyl (C=O) groups is 2. The highest BCUT2D eigenvalue weighted by Crippen LogP contribution is 2.35. The molecule has 1 aliphatic carbocycles. The summed E-state index contributed by atoms with van der Waals surface area (Å²) < 4.78 is 1.73. The van der Waals surface area contributed by atoms with E-state index in [1.807, 2.05) is 36.2 Å². The monoisotopic (exact) mass is 431 g/mol. The maximum Gasteiger partial charge on any atom is 0.287 e. The smallest absolute Gasteiger partial charge is 0.287 e. The van der Waals surface area contributed by atoms with Crippen LogP contribution in [0.4, 0.5) is 11.5 Å². The van der Waals surface area contributed by atoms with Crippen molar-refractivity contribution in [3.05, 3.63) is 42.0 Å². The van der Waals surface area contributed by atoms with Crippen molar-refractivity contribution in [2.45, 2.75) is 31.7 Å². The van der Waals surface area contributed by atoms with E-state index >= 15 is 0 Å². The second-order valence-electron chi connectivity index (χ2n) is 8.98. The molecule has 164 valence electrons. The minimum absolute atomic E-state index is 0.0844. The van der Waals surface area contributed by atoms with Crippen molar-refractivity contribution in [1.82, 2.24) is 24.8 Å². The number of benzene rings is 1. The molecule has 1 aromatic carbocycles. The number of para-hydroxylation sites is 1. The normalized spacial score (nSPS) is 20.3. The first-order chi connectivity index (χ1) is 15.6. The van der Waals surface area contributed by atoms with Crippen LogP contribution in [0.5, 0.6) is 0 Å². The zero-order chi connectivity index (χ0) is 21.8. The maximum absolute atomic E-state index is 12.7. The lowest BCUT2D eigenvalue weighted by Crippen LogP contribution is -2.40. The Labute approximate surface area is 185 Å². The zero-order valence-electron chi connectivity index (χ0n) is 18.0. The summed E-state index contributed by atoms with van der Waals surface area (Å²) in [7, 11) is 1.81. The van der Waals surface area contributed by atoms with E-state index in [0.29, 0.717) is 48.2 Å². The largest absolute Gasteiger partial charge is 0.352 e. The van der Waals surface area contributed by atoms with Crippen LogP contribution in [-0.2, 0) is 18.3 Å². The molecule has 1 atom stereocenters. The van der Waals surface area contributed by atoms with Crippen molar-refractivity contribution in [1.29, 1.82) is 0 Å². The van der Waals surface area contributed by atoms with E-state index in [2.05, 4.69) is 25.2 Å². The fourth-order valence-corrected chi connectivity index (χ4v) is 4.88. The van der Waals surface area contributed by atoms with Gasteiger partial charge in [0.05, 0.1) is 12.5 Å². The van der Waals surface area contributed by atoms with Gasteiger partial charge >= 0.3 is 0 Å². The lowest BCUT2D eigenvalue weighted by Gasteiger charge is -2.25. The first-order valence-corrected chi connectivity index (χ1v) is 11.2. The Morgan fingerprint density at radius 2 is 2.03 bits per heavy atom. The molecule has 1 saturated heterocycles. The maximum atomic E-state index is 12.7. The number of aryl methyl sites for hydroxylation is 1. The molecule has 6 rings (SSSR count). The standard InChI is InChI=1S/C23H25N7O2/c1-28-20-19(27-22(28)23(32)24-11-14-6-7-14)21(26-13-25-20)29-9-8-16(12-29)30-17-5-3-2-4-15(17)10-18(30)31/h2-5,13-14,16H,6-12H2,1H3,(H,24,32). The van der Waals surface area contributed by atoms with E-state index < -0.39 is 0 Å². The molecule has 1 unspecified atom stereocenters. The molecule has 0 spiro atoms. The van der Waals surface area contributed by atoms with Crippen LogP contribution in [0.3, 0.4) is 0 Å². The fourth-order valence-electron chi connectivity index (χ4n) is 4.88. The Balaban J connectivity index is 1.27. The SMILES string of the molecule is Cn1c(C(=O)NCC2CC2)nc2c(N3CCC(N4C(=O)Cc5ccccc54)C3)ncnc21. The first-order valence-electron chi connectivity index (χ1n) is 11.2. The third kappa shape index (κ3) is 3.11. The molecule has 1 N–H and O–H groups in total. The summed E-state index contributed by atoms with van der Waals surface area (Å²) in [5.41, 5.74) is 3.37. The summed E-state index contributed by atoms with van der Waals surface area (Å²) in [4.78, 5) is 43.0. The number of amides is 2. The van der Waals surface area contributed by atoms with Gasteiger partial charge in [0.2, 0.25) is 11.7 Å². The number of anilines is 2. The number of nitrogens with zero attached hydrogens (tertiary/aromatic N) is 6. The number of fused-ring (bicyclic) bond motifs is 2. The molecular weight excluding hydrogens is 406 g/mol. The van der Waals surface area contributed by atoms with Gasteiger partial charge in [-0.05, 0) is 36.8 Å². The highest BCUT2D eigenvalue weighted by Gasteiger charge is 2.37. The van der Waals surface area contributed by atoms with Crippen LogP contribution in [0.1, 0.15) is 35.4 Å². The summed E-state index contributed by atoms with van der Waals surface area (Å²) in [6.07, 6.45) is 5.20. The molecule has 3 aliphatic rings. The molecule has 3 aromatic rings. The predicted octanol–water partition coefficient (Wildman–Crippen LogP) is 1.67. The second kappa shape index (κ2) is 7.29. The molecule has 9 nitrogen and oxygen atoms in total. The third-order valence-corrected chi connectivity index (χ3v) is 6.78. The highest BCUT2D eigenvalue weighted by molar-refractivity contribution is 6.02. The van der Waals surface area contributed by atoms with Gasteiger partial charge in [-0.2, -0.15) is 0 Å². The van der Waals surface area contributed by atoms with E-state index in [-0.39, 0.29) is 17.9 Å². The van der Waals surface area contributed by atoms with Gasteiger partial charge in [0.15, 0.2) is 17.0 Å². The minimum Gasteiger partial charge on any atom is -0.352 e. The van der Waals surface area contributed by atoms with Gasteiger partial charge in [-0.1, -0.05) is 18.2 Å². The Morgan fingerprint density at radius 3 is 2.88 bits per heavy atom. The Bertz CT molecular complexity index is 1230. The van der Waals surface area contributed by atoms with Crippen molar-refractivity contribution in [3.8, 4) is 0 Å². The number of imidazole rings is 1. The van der Waals surface area contributed by atoms with Gasteiger partial charge in [0, 0.05) is 32.4 Å². The summed E-state index contributed by atoms with van der Waals surface area (Å²) in [6.45, 7) is 2.13. The van der Waals surface area contributed by atoms with Crippen LogP contribution >= 0.6 is 0 Å². The molecule has 32 heavy (non-hydrogen) atoms. The van der Waals surface area contributed by atoms with E-state index in [4.69, 9.17) is 0 Å². The molecule has 0 bridgehead atoms. The Morgan fingerprint density at radius 1 is 1.19 bits per heavy atom. The number of nitrogens with one attached hydrogen (secondary N) is 1. The van der Waals surface area contributed by atoms with Crippen LogP contribution in [0.2, 0.25) is 0 Å². The van der Waals surface area contributed by atoms with Crippen molar-refractivity contribution in [3.63, 3.8) is 0 Å². The van der Waals surface area contributed by atoms with Crippen LogP contribution in [-0.4, -0.2) is 57.0 Å². The molecule has 0 radical (unpaired) electrons. The highest BCUT2D eigenvalue weighted by atomic mass is 16.2. The van der Waals surface area contributed by atoms with Crippen LogP contribution in [0, 0.1) is 5.92 Å². The average Bonchev–Trinajstić information content (AvgIpc) is 3.24. The van der Waals surface area contributed by atoms with Crippen molar-refractivity contribution >= 4 is 34.5 Å². The molecule has 1 saturated carbocycles. The van der Waals surface area contributed by atoms with Crippen LogP contribution < -0.4 is 15.1 Å². The molecule has 2 aliphatic heterocycles. The zero-order valence-corrected chi connectivity index (χ0v) is 18.0. The number of rotatable bonds is 5. The van der Waals surface area contributed by atoms with Crippen LogP contribution in [0.25, 0.3) is 11.2 Å². The third-order valence-electron chi connectivity index (χ3n) is 6.78. The molecule has 4 heterocycles. The summed E-state index contributed by atoms with van der Waals surface area (Å²) in [5, 5.41) is 2.98. The molecule has 2 fully saturated rings. The first kappa shape index (κ1) is 19.2. The Kier molecular flexibility index (Phi) is 4.38. The van der Waals surface area contributed by atoms with Crippen molar-refractivity contribution in [2.24, 2.45) is 13.0 Å². The fraction of sp³-hybridized carbons (Fsp3) is 0.435. The van der Waals surface area contributed by atoms with Gasteiger partial charge < -0.3 is 19.7 Å². The predicted molar refractivity (Wildman–Crippen MR) is 120 cm³/mol. The van der Waals surface area contributed by atoms with E-state index in [1.165, 1.54) is 19.2 Å². The van der Waals surface area contributed by atoms with Gasteiger partial charge in [-0.3, -0.25) is 9.59 Å². The van der Waals surface area contributed by atoms with Gasteiger partial charge in [0.1, 0.15) is 6.33 Å². The lowest BCUT2D eigenvalue weighted by atomic mass is 10.1. The average molecular weight is 432 g/mol.